The second-order valence-corrected chi connectivity index (χ2v) is 3.33. The minimum atomic E-state index is -0.185. The van der Waals surface area contributed by atoms with Crippen molar-refractivity contribution in [3.05, 3.63) is 16.7 Å². The predicted molar refractivity (Wildman–Crippen MR) is 55.6 cm³/mol. The zero-order valence-electron chi connectivity index (χ0n) is 8.37. The molecule has 0 aliphatic heterocycles. The molecule has 1 aromatic rings. The molecule has 0 saturated heterocycles. The second-order valence-electron chi connectivity index (χ2n) is 2.94. The number of imidazole rings is 1. The molecule has 14 heavy (non-hydrogen) atoms. The van der Waals surface area contributed by atoms with Crippen LogP contribution in [0.4, 0.5) is 0 Å². The van der Waals surface area contributed by atoms with Gasteiger partial charge in [0.25, 0.3) is 0 Å². The van der Waals surface area contributed by atoms with Crippen LogP contribution in [0.5, 0.6) is 0 Å². The summed E-state index contributed by atoms with van der Waals surface area (Å²) >= 11 is 5.04. The smallest absolute Gasteiger partial charge is 0.307 e. The summed E-state index contributed by atoms with van der Waals surface area (Å²) in [4.78, 5) is 14.0. The Morgan fingerprint density at radius 2 is 2.43 bits per heavy atom. The number of aromatic amines is 1. The van der Waals surface area contributed by atoms with Gasteiger partial charge in [0.2, 0.25) is 0 Å². The molecule has 0 amide bonds. The van der Waals surface area contributed by atoms with E-state index >= 15 is 0 Å². The molecule has 1 rings (SSSR count). The van der Waals surface area contributed by atoms with Gasteiger partial charge >= 0.3 is 5.97 Å². The van der Waals surface area contributed by atoms with Gasteiger partial charge in [0, 0.05) is 18.4 Å². The Labute approximate surface area is 87.9 Å². The molecule has 0 radical (unpaired) electrons. The summed E-state index contributed by atoms with van der Waals surface area (Å²) in [5, 5.41) is 0. The molecule has 0 aromatic carbocycles. The summed E-state index contributed by atoms with van der Waals surface area (Å²) in [5.41, 5.74) is 1.03. The summed E-state index contributed by atoms with van der Waals surface area (Å²) in [6.07, 6.45) is 2.19. The summed E-state index contributed by atoms with van der Waals surface area (Å²) in [6.45, 7) is 4.74. The van der Waals surface area contributed by atoms with E-state index in [0.29, 0.717) is 24.3 Å². The molecule has 0 unspecified atom stereocenters. The highest BCUT2D eigenvalue weighted by atomic mass is 32.1. The third-order valence-corrected chi connectivity index (χ3v) is 2.26. The third-order valence-electron chi connectivity index (χ3n) is 1.92. The molecule has 1 aromatic heterocycles. The van der Waals surface area contributed by atoms with Crippen molar-refractivity contribution in [3.8, 4) is 0 Å². The van der Waals surface area contributed by atoms with Gasteiger partial charge in [-0.1, -0.05) is 0 Å². The first-order valence-corrected chi connectivity index (χ1v) is 4.96. The Hall–Kier alpha value is -1.10. The quantitative estimate of drug-likeness (QED) is 0.614. The second kappa shape index (κ2) is 4.95. The van der Waals surface area contributed by atoms with Gasteiger partial charge < -0.3 is 14.3 Å². The lowest BCUT2D eigenvalue weighted by atomic mass is 10.4. The molecule has 0 aliphatic rings. The van der Waals surface area contributed by atoms with Crippen molar-refractivity contribution < 1.29 is 9.53 Å². The first kappa shape index (κ1) is 11.0. The normalized spacial score (nSPS) is 10.1. The monoisotopic (exact) mass is 214 g/mol. The molecule has 4 nitrogen and oxygen atoms in total. The van der Waals surface area contributed by atoms with E-state index in [-0.39, 0.29) is 5.97 Å². The molecule has 78 valence electrons. The number of H-pyrrole nitrogens is 1. The molecule has 0 saturated carbocycles. The predicted octanol–water partition coefficient (Wildman–Crippen LogP) is 1.81. The van der Waals surface area contributed by atoms with Crippen LogP contribution in [0.2, 0.25) is 0 Å². The molecule has 0 spiro atoms. The molecule has 1 N–H and O–H groups in total. The first-order valence-electron chi connectivity index (χ1n) is 4.55. The average Bonchev–Trinajstić information content (AvgIpc) is 2.44. The van der Waals surface area contributed by atoms with Crippen molar-refractivity contribution in [3.63, 3.8) is 0 Å². The van der Waals surface area contributed by atoms with Crippen LogP contribution in [0.15, 0.2) is 6.20 Å². The SMILES string of the molecule is CCOC(=O)CCn1c(C)c[nH]c1=S. The van der Waals surface area contributed by atoms with E-state index in [1.807, 2.05) is 17.7 Å². The number of carbonyl (C=O) groups excluding carboxylic acids is 1. The minimum absolute atomic E-state index is 0.185. The van der Waals surface area contributed by atoms with Crippen LogP contribution in [0.3, 0.4) is 0 Å². The highest BCUT2D eigenvalue weighted by molar-refractivity contribution is 7.71. The average molecular weight is 214 g/mol. The summed E-state index contributed by atoms with van der Waals surface area (Å²) < 4.78 is 7.35. The van der Waals surface area contributed by atoms with E-state index in [1.54, 1.807) is 6.92 Å². The number of nitrogens with one attached hydrogen (secondary N) is 1. The number of nitrogens with zero attached hydrogens (tertiary/aromatic N) is 1. The summed E-state index contributed by atoms with van der Waals surface area (Å²) in [6, 6.07) is 0. The number of aryl methyl sites for hydroxylation is 1. The summed E-state index contributed by atoms with van der Waals surface area (Å²) in [5.74, 6) is -0.185. The van der Waals surface area contributed by atoms with Crippen LogP contribution in [-0.4, -0.2) is 22.1 Å². The summed E-state index contributed by atoms with van der Waals surface area (Å²) in [7, 11) is 0. The number of hydrogen-bond donors (Lipinski definition) is 1. The molecule has 0 aliphatic carbocycles. The number of ether oxygens (including phenoxy) is 1. The van der Waals surface area contributed by atoms with Gasteiger partial charge in [-0.3, -0.25) is 4.79 Å². The zero-order valence-corrected chi connectivity index (χ0v) is 9.19. The van der Waals surface area contributed by atoms with Crippen LogP contribution in [0.1, 0.15) is 19.0 Å². The fourth-order valence-electron chi connectivity index (χ4n) is 1.20. The molecule has 1 heterocycles. The van der Waals surface area contributed by atoms with E-state index in [1.165, 1.54) is 0 Å². The van der Waals surface area contributed by atoms with Crippen molar-refractivity contribution in [1.82, 2.24) is 9.55 Å². The molecular formula is C9H14N2O2S. The fourth-order valence-corrected chi connectivity index (χ4v) is 1.49. The number of hydrogen-bond acceptors (Lipinski definition) is 3. The van der Waals surface area contributed by atoms with E-state index in [9.17, 15) is 4.79 Å². The van der Waals surface area contributed by atoms with Crippen molar-refractivity contribution in [2.24, 2.45) is 0 Å². The highest BCUT2D eigenvalue weighted by Gasteiger charge is 2.04. The van der Waals surface area contributed by atoms with E-state index in [2.05, 4.69) is 4.98 Å². The van der Waals surface area contributed by atoms with E-state index in [4.69, 9.17) is 17.0 Å². The van der Waals surface area contributed by atoms with Gasteiger partial charge in [-0.2, -0.15) is 0 Å². The lowest BCUT2D eigenvalue weighted by Crippen LogP contribution is -2.09. The van der Waals surface area contributed by atoms with Crippen molar-refractivity contribution in [2.75, 3.05) is 6.61 Å². The van der Waals surface area contributed by atoms with Crippen LogP contribution >= 0.6 is 12.2 Å². The maximum absolute atomic E-state index is 11.1. The van der Waals surface area contributed by atoms with Gasteiger partial charge in [0.15, 0.2) is 4.77 Å². The number of rotatable bonds is 4. The van der Waals surface area contributed by atoms with Crippen LogP contribution in [0, 0.1) is 11.7 Å². The molecule has 5 heteroatoms. The Balaban J connectivity index is 2.53. The maximum Gasteiger partial charge on any atom is 0.307 e. The van der Waals surface area contributed by atoms with Gasteiger partial charge in [-0.25, -0.2) is 0 Å². The van der Waals surface area contributed by atoms with Crippen LogP contribution < -0.4 is 0 Å². The largest absolute Gasteiger partial charge is 0.466 e. The zero-order chi connectivity index (χ0) is 10.6. The van der Waals surface area contributed by atoms with Crippen molar-refractivity contribution >= 4 is 18.2 Å². The minimum Gasteiger partial charge on any atom is -0.466 e. The Morgan fingerprint density at radius 3 is 2.93 bits per heavy atom. The number of aromatic nitrogens is 2. The Kier molecular flexibility index (Phi) is 3.88. The lowest BCUT2D eigenvalue weighted by Gasteiger charge is -2.04. The lowest BCUT2D eigenvalue weighted by molar-refractivity contribution is -0.143. The number of carbonyl (C=O) groups is 1. The van der Waals surface area contributed by atoms with Crippen molar-refractivity contribution in [1.29, 1.82) is 0 Å². The maximum atomic E-state index is 11.1. The van der Waals surface area contributed by atoms with Crippen LogP contribution in [-0.2, 0) is 16.1 Å². The van der Waals surface area contributed by atoms with Gasteiger partial charge in [0.1, 0.15) is 0 Å². The van der Waals surface area contributed by atoms with Gasteiger partial charge in [-0.15, -0.1) is 0 Å². The standard InChI is InChI=1S/C9H14N2O2S/c1-3-13-8(12)4-5-11-7(2)6-10-9(11)14/h6H,3-5H2,1-2H3,(H,10,14). The third kappa shape index (κ3) is 2.70. The van der Waals surface area contributed by atoms with Crippen molar-refractivity contribution in [2.45, 2.75) is 26.8 Å². The fraction of sp³-hybridized carbons (Fsp3) is 0.556. The first-order chi connectivity index (χ1) is 6.65. The molecule has 0 fully saturated rings. The topological polar surface area (TPSA) is 47.0 Å². The molecule has 0 bridgehead atoms. The van der Waals surface area contributed by atoms with Gasteiger partial charge in [0.05, 0.1) is 13.0 Å². The van der Waals surface area contributed by atoms with Crippen LogP contribution in [0.25, 0.3) is 0 Å². The molecular weight excluding hydrogens is 200 g/mol. The Bertz CT molecular complexity index is 367. The number of esters is 1. The van der Waals surface area contributed by atoms with Gasteiger partial charge in [-0.05, 0) is 26.1 Å². The Morgan fingerprint density at radius 1 is 1.71 bits per heavy atom. The van der Waals surface area contributed by atoms with E-state index < -0.39 is 0 Å². The highest BCUT2D eigenvalue weighted by Crippen LogP contribution is 2.01. The van der Waals surface area contributed by atoms with E-state index in [0.717, 1.165) is 5.69 Å². The molecule has 0 atom stereocenters.